The van der Waals surface area contributed by atoms with Crippen molar-refractivity contribution in [2.75, 3.05) is 26.3 Å². The smallest absolute Gasteiger partial charge is 0.311 e. The number of aliphatic hydroxyl groups excluding tert-OH is 1. The minimum atomic E-state index is -0.810. The van der Waals surface area contributed by atoms with Gasteiger partial charge in [-0.05, 0) is 57.8 Å². The number of likely N-dealkylation sites (tertiary alicyclic amines) is 1. The van der Waals surface area contributed by atoms with E-state index >= 15 is 0 Å². The molecular formula is C29H44N2O5S. The summed E-state index contributed by atoms with van der Waals surface area (Å²) in [5.41, 5.74) is -0.382. The van der Waals surface area contributed by atoms with E-state index in [0.29, 0.717) is 32.5 Å². The van der Waals surface area contributed by atoms with Crippen LogP contribution in [0.5, 0.6) is 0 Å². The van der Waals surface area contributed by atoms with E-state index in [0.717, 1.165) is 25.7 Å². The monoisotopic (exact) mass is 532 g/mol. The summed E-state index contributed by atoms with van der Waals surface area (Å²) < 4.78 is 4.83. The summed E-state index contributed by atoms with van der Waals surface area (Å²) in [5, 5.41) is 9.04. The molecule has 4 heterocycles. The molecule has 0 radical (unpaired) electrons. The van der Waals surface area contributed by atoms with Crippen LogP contribution in [0.1, 0.15) is 73.1 Å². The van der Waals surface area contributed by atoms with Crippen molar-refractivity contribution in [3.05, 3.63) is 24.3 Å². The molecule has 2 saturated heterocycles. The maximum atomic E-state index is 14.5. The van der Waals surface area contributed by atoms with Crippen LogP contribution in [-0.2, 0) is 19.1 Å². The minimum Gasteiger partial charge on any atom is -0.465 e. The van der Waals surface area contributed by atoms with Crippen LogP contribution in [0.15, 0.2) is 24.3 Å². The summed E-state index contributed by atoms with van der Waals surface area (Å²) in [5.74, 6) is -1.72. The molecule has 1 spiro atoms. The van der Waals surface area contributed by atoms with Gasteiger partial charge in [-0.15, -0.1) is 11.8 Å². The number of rotatable bonds is 7. The molecule has 4 rings (SSSR count). The highest BCUT2D eigenvalue weighted by Crippen LogP contribution is 2.61. The van der Waals surface area contributed by atoms with Crippen molar-refractivity contribution in [2.24, 2.45) is 17.3 Å². The first-order valence-corrected chi connectivity index (χ1v) is 14.7. The molecular weight excluding hydrogens is 488 g/mol. The van der Waals surface area contributed by atoms with Gasteiger partial charge in [-0.3, -0.25) is 14.4 Å². The maximum absolute atomic E-state index is 14.5. The average Bonchev–Trinajstić information content (AvgIpc) is 3.19. The van der Waals surface area contributed by atoms with E-state index in [1.54, 1.807) is 16.7 Å². The lowest BCUT2D eigenvalue weighted by Gasteiger charge is -2.44. The molecule has 206 valence electrons. The zero-order valence-electron chi connectivity index (χ0n) is 23.1. The SMILES string of the molecule is CC(C)(C)CC(C)(C)N1CC=C[C@]23S[C@@H]4/C=C\CCCOC(=O)[C@@H]4[C@H]2C(=O)N(CCCCCO)C3C1=O. The molecule has 0 saturated carbocycles. The highest BCUT2D eigenvalue weighted by atomic mass is 32.2. The van der Waals surface area contributed by atoms with Crippen LogP contribution in [0.3, 0.4) is 0 Å². The second-order valence-electron chi connectivity index (χ2n) is 12.8. The summed E-state index contributed by atoms with van der Waals surface area (Å²) in [4.78, 5) is 45.7. The number of ether oxygens (including phenoxy) is 1. The Balaban J connectivity index is 1.76. The fourth-order valence-electron chi connectivity index (χ4n) is 7.00. The molecule has 8 heteroatoms. The van der Waals surface area contributed by atoms with Crippen LogP contribution in [0.25, 0.3) is 0 Å². The van der Waals surface area contributed by atoms with Crippen molar-refractivity contribution in [1.29, 1.82) is 0 Å². The molecule has 0 aromatic heterocycles. The van der Waals surface area contributed by atoms with Crippen molar-refractivity contribution in [2.45, 2.75) is 94.7 Å². The quantitative estimate of drug-likeness (QED) is 0.304. The second kappa shape index (κ2) is 10.8. The molecule has 4 aliphatic heterocycles. The van der Waals surface area contributed by atoms with Gasteiger partial charge in [-0.25, -0.2) is 0 Å². The Labute approximate surface area is 226 Å². The summed E-state index contributed by atoms with van der Waals surface area (Å²) >= 11 is 1.60. The lowest BCUT2D eigenvalue weighted by atomic mass is 9.78. The zero-order valence-corrected chi connectivity index (χ0v) is 23.9. The molecule has 37 heavy (non-hydrogen) atoms. The predicted molar refractivity (Wildman–Crippen MR) is 146 cm³/mol. The fourth-order valence-corrected chi connectivity index (χ4v) is 9.00. The molecule has 4 aliphatic rings. The van der Waals surface area contributed by atoms with E-state index in [-0.39, 0.29) is 35.1 Å². The third-order valence-electron chi connectivity index (χ3n) is 8.10. The maximum Gasteiger partial charge on any atom is 0.311 e. The van der Waals surface area contributed by atoms with Gasteiger partial charge in [0.1, 0.15) is 6.04 Å². The molecule has 0 aromatic rings. The van der Waals surface area contributed by atoms with Crippen LogP contribution in [0.4, 0.5) is 0 Å². The number of hydrogen-bond acceptors (Lipinski definition) is 6. The second-order valence-corrected chi connectivity index (χ2v) is 14.3. The zero-order chi connectivity index (χ0) is 27.0. The number of unbranched alkanes of at least 4 members (excludes halogenated alkanes) is 2. The number of fused-ring (bicyclic) bond motifs is 2. The summed E-state index contributed by atoms with van der Waals surface area (Å²) in [6.07, 6.45) is 12.8. The average molecular weight is 533 g/mol. The Morgan fingerprint density at radius 2 is 1.84 bits per heavy atom. The Morgan fingerprint density at radius 3 is 2.54 bits per heavy atom. The third-order valence-corrected chi connectivity index (χ3v) is 9.85. The number of cyclic esters (lactones) is 1. The van der Waals surface area contributed by atoms with Crippen molar-refractivity contribution >= 4 is 29.5 Å². The molecule has 1 unspecified atom stereocenters. The van der Waals surface area contributed by atoms with Crippen LogP contribution in [0.2, 0.25) is 0 Å². The van der Waals surface area contributed by atoms with Crippen LogP contribution in [0, 0.1) is 17.3 Å². The number of esters is 1. The first-order chi connectivity index (χ1) is 17.4. The topological polar surface area (TPSA) is 87.2 Å². The molecule has 5 atom stereocenters. The number of amides is 2. The summed E-state index contributed by atoms with van der Waals surface area (Å²) in [7, 11) is 0. The van der Waals surface area contributed by atoms with E-state index in [4.69, 9.17) is 4.74 Å². The largest absolute Gasteiger partial charge is 0.465 e. The van der Waals surface area contributed by atoms with Gasteiger partial charge in [0.05, 0.1) is 23.2 Å². The standard InChI is InChI=1S/C29H44N2O5S/c1-27(2,3)19-28(4,5)31-16-12-14-29-22(21-20(37-29)13-8-6-11-18-36-26(21)35)24(33)30(23(29)25(31)34)15-9-7-10-17-32/h8,12-14,20-23,32H,6-7,9-11,15-19H2,1-5H3/b13-8-/t20-,21+,22+,23?,29+/m1/s1. The molecule has 2 amide bonds. The molecule has 0 bridgehead atoms. The van der Waals surface area contributed by atoms with E-state index < -0.39 is 28.2 Å². The number of carbonyl (C=O) groups is 3. The Kier molecular flexibility index (Phi) is 8.20. The van der Waals surface area contributed by atoms with Crippen molar-refractivity contribution in [1.82, 2.24) is 9.80 Å². The first-order valence-electron chi connectivity index (χ1n) is 13.8. The first kappa shape index (κ1) is 28.2. The van der Waals surface area contributed by atoms with Gasteiger partial charge in [-0.2, -0.15) is 0 Å². The number of aliphatic hydroxyl groups is 1. The van der Waals surface area contributed by atoms with Gasteiger partial charge in [0.2, 0.25) is 11.8 Å². The Bertz CT molecular complexity index is 954. The number of thioether (sulfide) groups is 1. The third kappa shape index (κ3) is 5.38. The van der Waals surface area contributed by atoms with Crippen LogP contribution < -0.4 is 0 Å². The fraction of sp³-hybridized carbons (Fsp3) is 0.759. The highest BCUT2D eigenvalue weighted by Gasteiger charge is 2.71. The molecule has 2 fully saturated rings. The van der Waals surface area contributed by atoms with E-state index in [2.05, 4.69) is 52.8 Å². The lowest BCUT2D eigenvalue weighted by molar-refractivity contribution is -0.153. The van der Waals surface area contributed by atoms with Crippen molar-refractivity contribution < 1.29 is 24.2 Å². The van der Waals surface area contributed by atoms with Crippen LogP contribution in [-0.4, -0.2) is 80.6 Å². The van der Waals surface area contributed by atoms with Crippen molar-refractivity contribution in [3.8, 4) is 0 Å². The molecule has 0 aromatic carbocycles. The van der Waals surface area contributed by atoms with Gasteiger partial charge in [0.15, 0.2) is 0 Å². The molecule has 1 N–H and O–H groups in total. The number of allylic oxidation sites excluding steroid dienone is 1. The number of nitrogens with zero attached hydrogens (tertiary/aromatic N) is 2. The van der Waals surface area contributed by atoms with Crippen molar-refractivity contribution in [3.63, 3.8) is 0 Å². The highest BCUT2D eigenvalue weighted by molar-refractivity contribution is 8.02. The predicted octanol–water partition coefficient (Wildman–Crippen LogP) is 3.95. The number of carbonyl (C=O) groups excluding carboxylic acids is 3. The Hall–Kier alpha value is -1.80. The van der Waals surface area contributed by atoms with E-state index in [1.807, 2.05) is 11.0 Å². The van der Waals surface area contributed by atoms with Gasteiger partial charge >= 0.3 is 5.97 Å². The minimum absolute atomic E-state index is 0.0239. The lowest BCUT2D eigenvalue weighted by Crippen LogP contribution is -2.58. The normalized spacial score (nSPS) is 33.2. The Morgan fingerprint density at radius 1 is 1.08 bits per heavy atom. The van der Waals surface area contributed by atoms with Crippen LogP contribution >= 0.6 is 11.8 Å². The van der Waals surface area contributed by atoms with Gasteiger partial charge in [0, 0.05) is 30.5 Å². The number of hydrogen-bond donors (Lipinski definition) is 1. The van der Waals surface area contributed by atoms with Gasteiger partial charge < -0.3 is 19.6 Å². The summed E-state index contributed by atoms with van der Waals surface area (Å²) in [6.45, 7) is 12.2. The van der Waals surface area contributed by atoms with E-state index in [1.165, 1.54) is 0 Å². The molecule has 0 aliphatic carbocycles. The van der Waals surface area contributed by atoms with Gasteiger partial charge in [-0.1, -0.05) is 45.1 Å². The van der Waals surface area contributed by atoms with Gasteiger partial charge in [0.25, 0.3) is 0 Å². The summed E-state index contributed by atoms with van der Waals surface area (Å²) in [6, 6.07) is -0.668. The van der Waals surface area contributed by atoms with E-state index in [9.17, 15) is 19.5 Å². The molecule has 7 nitrogen and oxygen atoms in total.